The zero-order valence-corrected chi connectivity index (χ0v) is 9.01. The van der Waals surface area contributed by atoms with Crippen molar-refractivity contribution in [2.75, 3.05) is 0 Å². The number of benzene rings is 1. The second-order valence-electron chi connectivity index (χ2n) is 3.47. The van der Waals surface area contributed by atoms with Gasteiger partial charge in [-0.3, -0.25) is 4.79 Å². The first-order chi connectivity index (χ1) is 6.47. The minimum Gasteiger partial charge on any atom is -0.382 e. The lowest BCUT2D eigenvalue weighted by atomic mass is 9.92. The molecule has 3 heteroatoms. The average molecular weight is 213 g/mol. The Morgan fingerprint density at radius 3 is 2.71 bits per heavy atom. The van der Waals surface area contributed by atoms with Crippen LogP contribution >= 0.6 is 11.6 Å². The molecule has 0 amide bonds. The van der Waals surface area contributed by atoms with Crippen LogP contribution in [0.15, 0.2) is 24.3 Å². The normalized spacial score (nSPS) is 14.9. The van der Waals surface area contributed by atoms with Gasteiger partial charge in [0.2, 0.25) is 0 Å². The van der Waals surface area contributed by atoms with Crippen molar-refractivity contribution in [3.05, 3.63) is 34.9 Å². The van der Waals surface area contributed by atoms with Crippen molar-refractivity contribution >= 4 is 17.4 Å². The Morgan fingerprint density at radius 1 is 1.57 bits per heavy atom. The van der Waals surface area contributed by atoms with Gasteiger partial charge >= 0.3 is 0 Å². The van der Waals surface area contributed by atoms with E-state index < -0.39 is 5.60 Å². The molecule has 0 bridgehead atoms. The predicted molar refractivity (Wildman–Crippen MR) is 56.7 cm³/mol. The molecule has 14 heavy (non-hydrogen) atoms. The molecule has 0 saturated carbocycles. The van der Waals surface area contributed by atoms with E-state index in [9.17, 15) is 9.90 Å². The number of hydrogen-bond donors (Lipinski definition) is 1. The molecule has 0 aromatic heterocycles. The van der Waals surface area contributed by atoms with E-state index >= 15 is 0 Å². The molecule has 76 valence electrons. The summed E-state index contributed by atoms with van der Waals surface area (Å²) in [5.74, 6) is -0.289. The molecule has 1 atom stereocenters. The minimum atomic E-state index is -1.30. The minimum absolute atomic E-state index is 0.289. The van der Waals surface area contributed by atoms with E-state index in [0.717, 1.165) is 0 Å². The van der Waals surface area contributed by atoms with Gasteiger partial charge in [0.15, 0.2) is 5.78 Å². The van der Waals surface area contributed by atoms with Gasteiger partial charge in [0, 0.05) is 10.6 Å². The summed E-state index contributed by atoms with van der Waals surface area (Å²) >= 11 is 5.75. The van der Waals surface area contributed by atoms with Crippen LogP contribution in [0.4, 0.5) is 0 Å². The third kappa shape index (κ3) is 2.34. The van der Waals surface area contributed by atoms with E-state index in [2.05, 4.69) is 0 Å². The molecule has 0 saturated heterocycles. The van der Waals surface area contributed by atoms with Gasteiger partial charge in [-0.05, 0) is 25.5 Å². The van der Waals surface area contributed by atoms with Crippen molar-refractivity contribution in [3.63, 3.8) is 0 Å². The lowest BCUT2D eigenvalue weighted by Crippen LogP contribution is -2.34. The molecule has 0 spiro atoms. The second-order valence-corrected chi connectivity index (χ2v) is 3.90. The van der Waals surface area contributed by atoms with Gasteiger partial charge in [-0.1, -0.05) is 30.7 Å². The number of ketones is 1. The summed E-state index contributed by atoms with van der Waals surface area (Å²) < 4.78 is 0. The van der Waals surface area contributed by atoms with Crippen LogP contribution in [0.2, 0.25) is 5.02 Å². The molecule has 0 heterocycles. The maximum atomic E-state index is 11.7. The monoisotopic (exact) mass is 212 g/mol. The van der Waals surface area contributed by atoms with Crippen LogP contribution in [-0.2, 0) is 0 Å². The molecule has 1 rings (SSSR count). The fourth-order valence-electron chi connectivity index (χ4n) is 1.10. The summed E-state index contributed by atoms with van der Waals surface area (Å²) in [4.78, 5) is 11.7. The van der Waals surface area contributed by atoms with Crippen LogP contribution in [0.1, 0.15) is 30.6 Å². The van der Waals surface area contributed by atoms with Crippen molar-refractivity contribution < 1.29 is 9.90 Å². The van der Waals surface area contributed by atoms with Crippen LogP contribution in [0.3, 0.4) is 0 Å². The first-order valence-electron chi connectivity index (χ1n) is 4.50. The van der Waals surface area contributed by atoms with Crippen LogP contribution in [0.5, 0.6) is 0 Å². The number of carbonyl (C=O) groups is 1. The van der Waals surface area contributed by atoms with Crippen LogP contribution in [-0.4, -0.2) is 16.5 Å². The SMILES string of the molecule is CCC(C)(O)C(=O)c1cccc(Cl)c1. The van der Waals surface area contributed by atoms with E-state index in [4.69, 9.17) is 11.6 Å². The lowest BCUT2D eigenvalue weighted by molar-refractivity contribution is 0.0390. The summed E-state index contributed by atoms with van der Waals surface area (Å²) in [6.45, 7) is 3.28. The van der Waals surface area contributed by atoms with E-state index in [-0.39, 0.29) is 5.78 Å². The van der Waals surface area contributed by atoms with Gasteiger partial charge in [-0.2, -0.15) is 0 Å². The Bertz CT molecular complexity index is 345. The standard InChI is InChI=1S/C11H13ClO2/c1-3-11(2,14)10(13)8-5-4-6-9(12)7-8/h4-7,14H,3H2,1-2H3. The fourth-order valence-corrected chi connectivity index (χ4v) is 1.29. The molecule has 0 radical (unpaired) electrons. The van der Waals surface area contributed by atoms with Crippen molar-refractivity contribution in [2.24, 2.45) is 0 Å². The number of hydrogen-bond acceptors (Lipinski definition) is 2. The topological polar surface area (TPSA) is 37.3 Å². The highest BCUT2D eigenvalue weighted by Gasteiger charge is 2.28. The van der Waals surface area contributed by atoms with Gasteiger partial charge < -0.3 is 5.11 Å². The number of Topliss-reactive ketones (excluding diaryl/α,β-unsaturated/α-hetero) is 1. The third-order valence-corrected chi connectivity index (χ3v) is 2.50. The first kappa shape index (κ1) is 11.2. The number of halogens is 1. The Labute approximate surface area is 88.5 Å². The molecule has 0 aliphatic carbocycles. The second kappa shape index (κ2) is 4.11. The molecular weight excluding hydrogens is 200 g/mol. The molecular formula is C11H13ClO2. The lowest BCUT2D eigenvalue weighted by Gasteiger charge is -2.19. The molecule has 0 fully saturated rings. The molecule has 1 N–H and O–H groups in total. The maximum Gasteiger partial charge on any atom is 0.194 e. The van der Waals surface area contributed by atoms with E-state index in [1.807, 2.05) is 0 Å². The summed E-state index contributed by atoms with van der Waals surface area (Å²) in [6.07, 6.45) is 0.387. The Morgan fingerprint density at radius 2 is 2.21 bits per heavy atom. The molecule has 1 aromatic rings. The molecule has 1 unspecified atom stereocenters. The third-order valence-electron chi connectivity index (χ3n) is 2.26. The highest BCUT2D eigenvalue weighted by molar-refractivity contribution is 6.31. The summed E-state index contributed by atoms with van der Waals surface area (Å²) in [5, 5.41) is 10.2. The zero-order chi connectivity index (χ0) is 10.8. The van der Waals surface area contributed by atoms with Crippen LogP contribution in [0.25, 0.3) is 0 Å². The van der Waals surface area contributed by atoms with E-state index in [0.29, 0.717) is 17.0 Å². The van der Waals surface area contributed by atoms with Gasteiger partial charge in [0.05, 0.1) is 0 Å². The largest absolute Gasteiger partial charge is 0.382 e. The molecule has 2 nitrogen and oxygen atoms in total. The van der Waals surface area contributed by atoms with Gasteiger partial charge in [-0.25, -0.2) is 0 Å². The number of rotatable bonds is 3. The van der Waals surface area contributed by atoms with Crippen molar-refractivity contribution in [1.82, 2.24) is 0 Å². The maximum absolute atomic E-state index is 11.7. The highest BCUT2D eigenvalue weighted by Crippen LogP contribution is 2.19. The Balaban J connectivity index is 3.01. The molecule has 0 aliphatic heterocycles. The number of carbonyl (C=O) groups excluding carboxylic acids is 1. The summed E-state index contributed by atoms with van der Waals surface area (Å²) in [5.41, 5.74) is -0.852. The Hall–Kier alpha value is -0.860. The molecule has 0 aliphatic rings. The van der Waals surface area contributed by atoms with E-state index in [1.165, 1.54) is 6.92 Å². The van der Waals surface area contributed by atoms with Gasteiger partial charge in [0.25, 0.3) is 0 Å². The van der Waals surface area contributed by atoms with Gasteiger partial charge in [0.1, 0.15) is 5.60 Å². The first-order valence-corrected chi connectivity index (χ1v) is 4.88. The highest BCUT2D eigenvalue weighted by atomic mass is 35.5. The van der Waals surface area contributed by atoms with Crippen molar-refractivity contribution in [2.45, 2.75) is 25.9 Å². The summed E-state index contributed by atoms with van der Waals surface area (Å²) in [7, 11) is 0. The average Bonchev–Trinajstić information content (AvgIpc) is 2.16. The van der Waals surface area contributed by atoms with E-state index in [1.54, 1.807) is 31.2 Å². The number of aliphatic hydroxyl groups is 1. The quantitative estimate of drug-likeness (QED) is 0.783. The Kier molecular flexibility index (Phi) is 3.29. The van der Waals surface area contributed by atoms with Crippen molar-refractivity contribution in [1.29, 1.82) is 0 Å². The zero-order valence-electron chi connectivity index (χ0n) is 8.25. The van der Waals surface area contributed by atoms with Crippen molar-refractivity contribution in [3.8, 4) is 0 Å². The predicted octanol–water partition coefficient (Wildman–Crippen LogP) is 2.68. The van der Waals surface area contributed by atoms with Gasteiger partial charge in [-0.15, -0.1) is 0 Å². The fraction of sp³-hybridized carbons (Fsp3) is 0.364. The summed E-state index contributed by atoms with van der Waals surface area (Å²) in [6, 6.07) is 6.60. The molecule has 1 aromatic carbocycles. The smallest absolute Gasteiger partial charge is 0.194 e. The van der Waals surface area contributed by atoms with Crippen LogP contribution < -0.4 is 0 Å². The van der Waals surface area contributed by atoms with Crippen LogP contribution in [0, 0.1) is 0 Å².